The summed E-state index contributed by atoms with van der Waals surface area (Å²) in [7, 11) is 1.47. The van der Waals surface area contributed by atoms with Gasteiger partial charge in [0.1, 0.15) is 0 Å². The fraction of sp³-hybridized carbons (Fsp3) is 0.600. The molecule has 118 valence electrons. The van der Waals surface area contributed by atoms with Crippen LogP contribution in [0.15, 0.2) is 18.2 Å². The second-order valence-electron chi connectivity index (χ2n) is 5.46. The minimum atomic E-state index is -4.09. The number of methoxy groups -OCH3 is 1. The Labute approximate surface area is 122 Å². The lowest BCUT2D eigenvalue weighted by atomic mass is 9.94. The van der Waals surface area contributed by atoms with Gasteiger partial charge in [-0.2, -0.15) is 13.2 Å². The number of benzene rings is 1. The summed E-state index contributed by atoms with van der Waals surface area (Å²) in [4.78, 5) is 2.04. The quantitative estimate of drug-likeness (QED) is 0.923. The van der Waals surface area contributed by atoms with E-state index >= 15 is 0 Å². The minimum absolute atomic E-state index is 0.00585. The molecule has 1 atom stereocenters. The van der Waals surface area contributed by atoms with Crippen LogP contribution in [-0.4, -0.2) is 36.4 Å². The standard InChI is InChI=1S/C15H20F3NO2/c1-10(11-3-4-13(20)14(9-11)21-2)19-7-5-12(6-8-19)15(16,17)18/h3-4,9-10,12,20H,5-8H2,1-2H3. The van der Waals surface area contributed by atoms with Crippen molar-refractivity contribution in [3.63, 3.8) is 0 Å². The maximum absolute atomic E-state index is 12.7. The number of alkyl halides is 3. The van der Waals surface area contributed by atoms with Crippen molar-refractivity contribution in [3.8, 4) is 11.5 Å². The first-order valence-electron chi connectivity index (χ1n) is 7.00. The zero-order valence-corrected chi connectivity index (χ0v) is 12.2. The van der Waals surface area contributed by atoms with E-state index in [0.29, 0.717) is 18.8 Å². The van der Waals surface area contributed by atoms with Crippen LogP contribution in [0.5, 0.6) is 11.5 Å². The Morgan fingerprint density at radius 3 is 2.43 bits per heavy atom. The summed E-state index contributed by atoms with van der Waals surface area (Å²) < 4.78 is 43.1. The fourth-order valence-corrected chi connectivity index (χ4v) is 2.78. The number of phenols is 1. The summed E-state index contributed by atoms with van der Waals surface area (Å²) in [5, 5.41) is 9.59. The molecule has 1 aromatic rings. The Hall–Kier alpha value is -1.43. The molecule has 1 heterocycles. The first-order valence-corrected chi connectivity index (χ1v) is 7.00. The zero-order valence-electron chi connectivity index (χ0n) is 12.2. The van der Waals surface area contributed by atoms with Crippen molar-refractivity contribution in [2.24, 2.45) is 5.92 Å². The first-order chi connectivity index (χ1) is 9.82. The van der Waals surface area contributed by atoms with E-state index in [4.69, 9.17) is 4.74 Å². The van der Waals surface area contributed by atoms with E-state index in [-0.39, 0.29) is 24.6 Å². The molecule has 1 unspecified atom stereocenters. The van der Waals surface area contributed by atoms with Gasteiger partial charge in [0, 0.05) is 6.04 Å². The molecule has 1 fully saturated rings. The third-order valence-electron chi connectivity index (χ3n) is 4.23. The third kappa shape index (κ3) is 3.61. The Bertz CT molecular complexity index is 482. The van der Waals surface area contributed by atoms with E-state index in [1.54, 1.807) is 18.2 Å². The Morgan fingerprint density at radius 2 is 1.90 bits per heavy atom. The van der Waals surface area contributed by atoms with Crippen LogP contribution in [0.4, 0.5) is 13.2 Å². The summed E-state index contributed by atoms with van der Waals surface area (Å²) >= 11 is 0. The summed E-state index contributed by atoms with van der Waals surface area (Å²) in [6, 6.07) is 5.05. The van der Waals surface area contributed by atoms with Crippen molar-refractivity contribution in [2.45, 2.75) is 32.0 Å². The Kier molecular flexibility index (Phi) is 4.66. The number of ether oxygens (including phenoxy) is 1. The third-order valence-corrected chi connectivity index (χ3v) is 4.23. The number of hydrogen-bond donors (Lipinski definition) is 1. The number of phenolic OH excluding ortho intramolecular Hbond substituents is 1. The van der Waals surface area contributed by atoms with Gasteiger partial charge in [-0.25, -0.2) is 0 Å². The van der Waals surface area contributed by atoms with Crippen molar-refractivity contribution in [1.82, 2.24) is 4.90 Å². The average molecular weight is 303 g/mol. The molecule has 0 bridgehead atoms. The minimum Gasteiger partial charge on any atom is -0.504 e. The molecule has 0 spiro atoms. The van der Waals surface area contributed by atoms with Gasteiger partial charge in [-0.1, -0.05) is 6.07 Å². The molecule has 6 heteroatoms. The number of nitrogens with zero attached hydrogens (tertiary/aromatic N) is 1. The second kappa shape index (κ2) is 6.13. The second-order valence-corrected chi connectivity index (χ2v) is 5.46. The van der Waals surface area contributed by atoms with Gasteiger partial charge in [-0.3, -0.25) is 4.90 Å². The fourth-order valence-electron chi connectivity index (χ4n) is 2.78. The van der Waals surface area contributed by atoms with E-state index in [2.05, 4.69) is 0 Å². The molecular weight excluding hydrogens is 283 g/mol. The monoisotopic (exact) mass is 303 g/mol. The van der Waals surface area contributed by atoms with Crippen LogP contribution in [0, 0.1) is 5.92 Å². The van der Waals surface area contributed by atoms with Gasteiger partial charge in [0.2, 0.25) is 0 Å². The zero-order chi connectivity index (χ0) is 15.6. The van der Waals surface area contributed by atoms with Crippen molar-refractivity contribution in [3.05, 3.63) is 23.8 Å². The predicted octanol–water partition coefficient (Wildman–Crippen LogP) is 3.74. The molecule has 0 aromatic heterocycles. The van der Waals surface area contributed by atoms with Gasteiger partial charge in [0.05, 0.1) is 13.0 Å². The number of rotatable bonds is 3. The maximum atomic E-state index is 12.7. The van der Waals surface area contributed by atoms with Gasteiger partial charge in [-0.15, -0.1) is 0 Å². The molecular formula is C15H20F3NO2. The van der Waals surface area contributed by atoms with Gasteiger partial charge in [-0.05, 0) is 50.6 Å². The summed E-state index contributed by atoms with van der Waals surface area (Å²) in [6.07, 6.45) is -3.80. The number of halogens is 3. The molecule has 2 rings (SSSR count). The first kappa shape index (κ1) is 15.9. The van der Waals surface area contributed by atoms with E-state index in [1.165, 1.54) is 7.11 Å². The van der Waals surface area contributed by atoms with Crippen LogP contribution in [0.3, 0.4) is 0 Å². The molecule has 0 radical (unpaired) electrons. The van der Waals surface area contributed by atoms with Crippen LogP contribution in [0.1, 0.15) is 31.4 Å². The SMILES string of the molecule is COc1cc(C(C)N2CCC(C(F)(F)F)CC2)ccc1O. The van der Waals surface area contributed by atoms with Gasteiger partial charge in [0.25, 0.3) is 0 Å². The smallest absolute Gasteiger partial charge is 0.391 e. The summed E-state index contributed by atoms with van der Waals surface area (Å²) in [5.74, 6) is -0.746. The van der Waals surface area contributed by atoms with Crippen molar-refractivity contribution in [1.29, 1.82) is 0 Å². The highest BCUT2D eigenvalue weighted by molar-refractivity contribution is 5.42. The van der Waals surface area contributed by atoms with Gasteiger partial charge in [0.15, 0.2) is 11.5 Å². The van der Waals surface area contributed by atoms with Crippen LogP contribution in [-0.2, 0) is 0 Å². The van der Waals surface area contributed by atoms with Crippen molar-refractivity contribution >= 4 is 0 Å². The molecule has 1 saturated heterocycles. The Morgan fingerprint density at radius 1 is 1.29 bits per heavy atom. The normalized spacial score (nSPS) is 19.5. The number of piperidine rings is 1. The lowest BCUT2D eigenvalue weighted by Crippen LogP contribution is -2.40. The van der Waals surface area contributed by atoms with Gasteiger partial charge >= 0.3 is 6.18 Å². The summed E-state index contributed by atoms with van der Waals surface area (Å²) in [6.45, 7) is 2.81. The average Bonchev–Trinajstić information content (AvgIpc) is 2.46. The van der Waals surface area contributed by atoms with Gasteiger partial charge < -0.3 is 9.84 Å². The van der Waals surface area contributed by atoms with Crippen molar-refractivity contribution in [2.75, 3.05) is 20.2 Å². The highest BCUT2D eigenvalue weighted by atomic mass is 19.4. The topological polar surface area (TPSA) is 32.7 Å². The van der Waals surface area contributed by atoms with Crippen molar-refractivity contribution < 1.29 is 23.0 Å². The molecule has 0 amide bonds. The van der Waals surface area contributed by atoms with E-state index in [0.717, 1.165) is 5.56 Å². The lowest BCUT2D eigenvalue weighted by Gasteiger charge is -2.36. The summed E-state index contributed by atoms with van der Waals surface area (Å²) in [5.41, 5.74) is 0.926. The molecule has 21 heavy (non-hydrogen) atoms. The Balaban J connectivity index is 2.03. The van der Waals surface area contributed by atoms with Crippen LogP contribution >= 0.6 is 0 Å². The van der Waals surface area contributed by atoms with E-state index in [1.807, 2.05) is 11.8 Å². The largest absolute Gasteiger partial charge is 0.504 e. The number of hydrogen-bond acceptors (Lipinski definition) is 3. The predicted molar refractivity (Wildman–Crippen MR) is 73.4 cm³/mol. The molecule has 0 saturated carbocycles. The molecule has 1 N–H and O–H groups in total. The number of aromatic hydroxyl groups is 1. The molecule has 1 aromatic carbocycles. The molecule has 0 aliphatic carbocycles. The molecule has 1 aliphatic heterocycles. The van der Waals surface area contributed by atoms with Crippen LogP contribution in [0.2, 0.25) is 0 Å². The van der Waals surface area contributed by atoms with E-state index < -0.39 is 12.1 Å². The highest BCUT2D eigenvalue weighted by Crippen LogP contribution is 2.37. The lowest BCUT2D eigenvalue weighted by molar-refractivity contribution is -0.186. The van der Waals surface area contributed by atoms with Crippen LogP contribution < -0.4 is 4.74 Å². The molecule has 1 aliphatic rings. The molecule has 3 nitrogen and oxygen atoms in total. The highest BCUT2D eigenvalue weighted by Gasteiger charge is 2.41. The van der Waals surface area contributed by atoms with E-state index in [9.17, 15) is 18.3 Å². The maximum Gasteiger partial charge on any atom is 0.391 e. The van der Waals surface area contributed by atoms with Crippen LogP contribution in [0.25, 0.3) is 0 Å². The number of likely N-dealkylation sites (tertiary alicyclic amines) is 1.